The highest BCUT2D eigenvalue weighted by Crippen LogP contribution is 2.52. The molecular weight excluding hydrogens is 400 g/mol. The minimum absolute atomic E-state index is 0.00665. The predicted molar refractivity (Wildman–Crippen MR) is 105 cm³/mol. The normalized spacial score (nSPS) is 18.3. The number of alkyl halides is 3. The second-order valence-electron chi connectivity index (χ2n) is 8.24. The highest BCUT2D eigenvalue weighted by atomic mass is 19.4. The number of esters is 1. The smallest absolute Gasteiger partial charge is 0.422 e. The van der Waals surface area contributed by atoms with E-state index in [0.29, 0.717) is 11.1 Å². The molecule has 0 aliphatic heterocycles. The largest absolute Gasteiger partial charge is 0.483 e. The summed E-state index contributed by atoms with van der Waals surface area (Å²) >= 11 is 0. The first kappa shape index (κ1) is 22.1. The van der Waals surface area contributed by atoms with E-state index < -0.39 is 24.6 Å². The highest BCUT2D eigenvalue weighted by molar-refractivity contribution is 5.94. The van der Waals surface area contributed by atoms with Crippen LogP contribution in [0.25, 0.3) is 11.1 Å². The van der Waals surface area contributed by atoms with Gasteiger partial charge < -0.3 is 9.47 Å². The molecule has 1 saturated carbocycles. The average molecular weight is 424 g/mol. The van der Waals surface area contributed by atoms with Crippen molar-refractivity contribution in [1.82, 2.24) is 0 Å². The molecule has 30 heavy (non-hydrogen) atoms. The molecule has 1 fully saturated rings. The van der Waals surface area contributed by atoms with Crippen molar-refractivity contribution in [1.29, 1.82) is 0 Å². The van der Waals surface area contributed by atoms with Crippen LogP contribution < -0.4 is 4.74 Å². The van der Waals surface area contributed by atoms with Gasteiger partial charge in [0.1, 0.15) is 17.1 Å². The van der Waals surface area contributed by atoms with Crippen LogP contribution in [0.1, 0.15) is 54.9 Å². The Morgan fingerprint density at radius 2 is 1.87 bits per heavy atom. The van der Waals surface area contributed by atoms with E-state index in [9.17, 15) is 22.4 Å². The first-order valence-electron chi connectivity index (χ1n) is 9.74. The van der Waals surface area contributed by atoms with Crippen LogP contribution in [0.15, 0.2) is 36.4 Å². The van der Waals surface area contributed by atoms with Gasteiger partial charge in [-0.15, -0.1) is 0 Å². The maximum absolute atomic E-state index is 14.7. The number of halogens is 4. The van der Waals surface area contributed by atoms with Crippen molar-refractivity contribution in [3.05, 3.63) is 53.3 Å². The molecule has 3 nitrogen and oxygen atoms in total. The summed E-state index contributed by atoms with van der Waals surface area (Å²) in [6.07, 6.45) is -1.84. The van der Waals surface area contributed by atoms with Gasteiger partial charge in [0.25, 0.3) is 0 Å². The average Bonchev–Trinajstić information content (AvgIpc) is 3.04. The molecule has 7 heteroatoms. The molecule has 1 aliphatic rings. The van der Waals surface area contributed by atoms with Crippen LogP contribution in [0.3, 0.4) is 0 Å². The summed E-state index contributed by atoms with van der Waals surface area (Å²) in [7, 11) is 1.15. The zero-order chi connectivity index (χ0) is 22.1. The van der Waals surface area contributed by atoms with Crippen LogP contribution in [0.5, 0.6) is 5.75 Å². The topological polar surface area (TPSA) is 35.5 Å². The van der Waals surface area contributed by atoms with Gasteiger partial charge in [-0.05, 0) is 53.5 Å². The number of benzene rings is 2. The zero-order valence-corrected chi connectivity index (χ0v) is 17.1. The second-order valence-corrected chi connectivity index (χ2v) is 8.24. The monoisotopic (exact) mass is 424 g/mol. The molecule has 162 valence electrons. The number of hydrogen-bond donors (Lipinski definition) is 0. The van der Waals surface area contributed by atoms with E-state index >= 15 is 0 Å². The Morgan fingerprint density at radius 1 is 1.17 bits per heavy atom. The molecule has 2 aromatic carbocycles. The number of carbonyl (C=O) groups is 1. The third-order valence-electron chi connectivity index (χ3n) is 5.75. The predicted octanol–water partition coefficient (Wildman–Crippen LogP) is 6.51. The number of hydrogen-bond acceptors (Lipinski definition) is 3. The molecule has 0 heterocycles. The van der Waals surface area contributed by atoms with Crippen LogP contribution in [-0.2, 0) is 4.74 Å². The molecule has 3 rings (SSSR count). The SMILES string of the molecule is COC(=O)c1cc(C2CCCC2(C)C)c(-c2ccccc2F)cc1OCC(F)(F)F. The van der Waals surface area contributed by atoms with E-state index in [2.05, 4.69) is 13.8 Å². The summed E-state index contributed by atoms with van der Waals surface area (Å²) in [6.45, 7) is 2.63. The Kier molecular flexibility index (Phi) is 6.11. The quantitative estimate of drug-likeness (QED) is 0.405. The van der Waals surface area contributed by atoms with Crippen LogP contribution in [0, 0.1) is 11.2 Å². The van der Waals surface area contributed by atoms with E-state index in [1.807, 2.05) is 0 Å². The Labute approximate surface area is 173 Å². The number of rotatable bonds is 5. The van der Waals surface area contributed by atoms with Gasteiger partial charge in [0.05, 0.1) is 7.11 Å². The third-order valence-corrected chi connectivity index (χ3v) is 5.75. The molecule has 0 bridgehead atoms. The lowest BCUT2D eigenvalue weighted by molar-refractivity contribution is -0.153. The van der Waals surface area contributed by atoms with E-state index in [4.69, 9.17) is 9.47 Å². The lowest BCUT2D eigenvalue weighted by Crippen LogP contribution is -2.21. The van der Waals surface area contributed by atoms with E-state index in [1.54, 1.807) is 18.2 Å². The number of carbonyl (C=O) groups excluding carboxylic acids is 1. The van der Waals surface area contributed by atoms with Crippen LogP contribution in [0.2, 0.25) is 0 Å². The van der Waals surface area contributed by atoms with Gasteiger partial charge in [-0.2, -0.15) is 13.2 Å². The van der Waals surface area contributed by atoms with E-state index in [0.717, 1.165) is 26.4 Å². The van der Waals surface area contributed by atoms with E-state index in [1.165, 1.54) is 18.2 Å². The molecule has 1 atom stereocenters. The molecule has 2 aromatic rings. The first-order chi connectivity index (χ1) is 14.0. The third kappa shape index (κ3) is 4.60. The molecule has 0 spiro atoms. The molecule has 0 amide bonds. The fourth-order valence-electron chi connectivity index (χ4n) is 4.25. The minimum Gasteiger partial charge on any atom is -0.483 e. The van der Waals surface area contributed by atoms with Crippen LogP contribution >= 0.6 is 0 Å². The maximum Gasteiger partial charge on any atom is 0.422 e. The lowest BCUT2D eigenvalue weighted by atomic mass is 9.75. The van der Waals surface area contributed by atoms with Crippen LogP contribution in [0.4, 0.5) is 17.6 Å². The van der Waals surface area contributed by atoms with E-state index in [-0.39, 0.29) is 28.2 Å². The first-order valence-corrected chi connectivity index (χ1v) is 9.74. The molecule has 0 saturated heterocycles. The summed E-state index contributed by atoms with van der Waals surface area (Å²) in [5, 5.41) is 0. The molecule has 1 unspecified atom stereocenters. The summed E-state index contributed by atoms with van der Waals surface area (Å²) in [4.78, 5) is 12.3. The molecule has 0 radical (unpaired) electrons. The van der Waals surface area contributed by atoms with Crippen molar-refractivity contribution < 1.29 is 31.8 Å². The van der Waals surface area contributed by atoms with Gasteiger partial charge in [0.2, 0.25) is 0 Å². The van der Waals surface area contributed by atoms with Gasteiger partial charge in [0, 0.05) is 5.56 Å². The Hall–Kier alpha value is -2.57. The van der Waals surface area contributed by atoms with Crippen molar-refractivity contribution >= 4 is 5.97 Å². The Bertz CT molecular complexity index is 935. The highest BCUT2D eigenvalue weighted by Gasteiger charge is 2.38. The number of ether oxygens (including phenoxy) is 2. The summed E-state index contributed by atoms with van der Waals surface area (Å²) in [5.74, 6) is -1.57. The van der Waals surface area contributed by atoms with Crippen molar-refractivity contribution in [3.8, 4) is 16.9 Å². The summed E-state index contributed by atoms with van der Waals surface area (Å²) in [6, 6.07) is 8.91. The minimum atomic E-state index is -4.59. The van der Waals surface area contributed by atoms with Gasteiger partial charge in [-0.3, -0.25) is 0 Å². The Balaban J connectivity index is 2.23. The van der Waals surface area contributed by atoms with Gasteiger partial charge in [0.15, 0.2) is 6.61 Å². The lowest BCUT2D eigenvalue weighted by Gasteiger charge is -2.30. The fraction of sp³-hybridized carbons (Fsp3) is 0.435. The maximum atomic E-state index is 14.7. The van der Waals surface area contributed by atoms with Gasteiger partial charge in [-0.25, -0.2) is 9.18 Å². The van der Waals surface area contributed by atoms with Crippen molar-refractivity contribution in [3.63, 3.8) is 0 Å². The molecule has 0 N–H and O–H groups in total. The van der Waals surface area contributed by atoms with Gasteiger partial charge in [-0.1, -0.05) is 38.5 Å². The fourth-order valence-corrected chi connectivity index (χ4v) is 4.25. The standard InChI is InChI=1S/C23H24F4O3/c1-22(2)10-6-8-18(22)16-11-17(21(28)29-3)20(30-13-23(25,26)27)12-15(16)14-7-4-5-9-19(14)24/h4-5,7,9,11-12,18H,6,8,10,13H2,1-3H3. The van der Waals surface area contributed by atoms with Crippen LogP contribution in [-0.4, -0.2) is 25.9 Å². The van der Waals surface area contributed by atoms with Crippen molar-refractivity contribution in [2.24, 2.45) is 5.41 Å². The number of methoxy groups -OCH3 is 1. The Morgan fingerprint density at radius 3 is 2.43 bits per heavy atom. The molecule has 1 aliphatic carbocycles. The van der Waals surface area contributed by atoms with Crippen molar-refractivity contribution in [2.45, 2.75) is 45.2 Å². The summed E-state index contributed by atoms with van der Waals surface area (Å²) < 4.78 is 62.7. The van der Waals surface area contributed by atoms with Crippen molar-refractivity contribution in [2.75, 3.05) is 13.7 Å². The molecular formula is C23H24F4O3. The second kappa shape index (κ2) is 8.28. The molecule has 0 aromatic heterocycles. The van der Waals surface area contributed by atoms with Gasteiger partial charge >= 0.3 is 12.1 Å². The zero-order valence-electron chi connectivity index (χ0n) is 17.1. The summed E-state index contributed by atoms with van der Waals surface area (Å²) in [5.41, 5.74) is 1.19.